The van der Waals surface area contributed by atoms with Crippen LogP contribution in [0.15, 0.2) is 0 Å². The van der Waals surface area contributed by atoms with E-state index in [4.69, 9.17) is 0 Å². The van der Waals surface area contributed by atoms with Crippen LogP contribution in [-0.2, 0) is 4.79 Å². The third kappa shape index (κ3) is 5.23. The lowest BCUT2D eigenvalue weighted by Gasteiger charge is -2.29. The number of rotatable bonds is 7. The molecular weight excluding hydrogens is 274 g/mol. The summed E-state index contributed by atoms with van der Waals surface area (Å²) in [6.07, 6.45) is 6.36. The highest BCUT2D eigenvalue weighted by Crippen LogP contribution is 2.33. The molecule has 5 heteroatoms. The molecule has 0 bridgehead atoms. The summed E-state index contributed by atoms with van der Waals surface area (Å²) in [5.41, 5.74) is 0. The molecule has 20 heavy (non-hydrogen) atoms. The lowest BCUT2D eigenvalue weighted by atomic mass is 10.2. The van der Waals surface area contributed by atoms with Crippen molar-refractivity contribution in [3.8, 4) is 0 Å². The zero-order valence-corrected chi connectivity index (χ0v) is 13.2. The van der Waals surface area contributed by atoms with Crippen LogP contribution in [0, 0.1) is 11.8 Å². The van der Waals surface area contributed by atoms with Crippen molar-refractivity contribution in [3.05, 3.63) is 0 Å². The van der Waals surface area contributed by atoms with Crippen LogP contribution >= 0.6 is 12.4 Å². The maximum Gasteiger partial charge on any atom is 0.223 e. The number of amides is 1. The number of piperazine rings is 1. The van der Waals surface area contributed by atoms with Crippen LogP contribution in [-0.4, -0.2) is 61.5 Å². The molecule has 0 atom stereocenters. The summed E-state index contributed by atoms with van der Waals surface area (Å²) in [6, 6.07) is 0. The Morgan fingerprint density at radius 3 is 2.10 bits per heavy atom. The lowest BCUT2D eigenvalue weighted by molar-refractivity contribution is -0.132. The minimum atomic E-state index is 0. The summed E-state index contributed by atoms with van der Waals surface area (Å²) >= 11 is 0. The van der Waals surface area contributed by atoms with Gasteiger partial charge in [0.15, 0.2) is 0 Å². The molecule has 0 aromatic heterocycles. The van der Waals surface area contributed by atoms with Gasteiger partial charge in [0.2, 0.25) is 5.91 Å². The Morgan fingerprint density at radius 1 is 1.05 bits per heavy atom. The fourth-order valence-corrected chi connectivity index (χ4v) is 2.91. The second-order valence-electron chi connectivity index (χ2n) is 6.53. The van der Waals surface area contributed by atoms with Crippen molar-refractivity contribution < 1.29 is 4.79 Å². The van der Waals surface area contributed by atoms with Crippen molar-refractivity contribution in [2.75, 3.05) is 45.8 Å². The second-order valence-corrected chi connectivity index (χ2v) is 6.53. The minimum absolute atomic E-state index is 0. The summed E-state index contributed by atoms with van der Waals surface area (Å²) in [5.74, 6) is 2.24. The maximum atomic E-state index is 12.2. The van der Waals surface area contributed by atoms with Gasteiger partial charge in [-0.05, 0) is 37.5 Å². The van der Waals surface area contributed by atoms with E-state index in [1.165, 1.54) is 38.8 Å². The van der Waals surface area contributed by atoms with Crippen LogP contribution in [0.1, 0.15) is 32.1 Å². The average Bonchev–Trinajstić information content (AvgIpc) is 3.32. The number of nitrogens with one attached hydrogen (secondary N) is 1. The summed E-state index contributed by atoms with van der Waals surface area (Å²) < 4.78 is 0. The van der Waals surface area contributed by atoms with Gasteiger partial charge in [0, 0.05) is 52.2 Å². The number of hydrogen-bond acceptors (Lipinski definition) is 3. The lowest BCUT2D eigenvalue weighted by Crippen LogP contribution is -2.47. The molecule has 4 nitrogen and oxygen atoms in total. The topological polar surface area (TPSA) is 35.6 Å². The summed E-state index contributed by atoms with van der Waals surface area (Å²) in [5, 5.41) is 3.30. The first kappa shape index (κ1) is 16.1. The molecule has 0 aromatic rings. The quantitative estimate of drug-likeness (QED) is 0.771. The molecular formula is C15H28ClN3O. The van der Waals surface area contributed by atoms with Crippen LogP contribution in [0.2, 0.25) is 0 Å². The van der Waals surface area contributed by atoms with Gasteiger partial charge in [-0.2, -0.15) is 0 Å². The molecule has 1 N–H and O–H groups in total. The SMILES string of the molecule is Cl.O=C(CCN(CC1CC1)CC1CC1)N1CCNCC1. The largest absolute Gasteiger partial charge is 0.340 e. The van der Waals surface area contributed by atoms with Gasteiger partial charge in [-0.3, -0.25) is 4.79 Å². The Balaban J connectivity index is 0.00000147. The van der Waals surface area contributed by atoms with Gasteiger partial charge in [-0.1, -0.05) is 0 Å². The Hall–Kier alpha value is -0.320. The molecule has 1 aliphatic heterocycles. The van der Waals surface area contributed by atoms with Gasteiger partial charge in [0.25, 0.3) is 0 Å². The molecule has 3 rings (SSSR count). The molecule has 3 fully saturated rings. The molecule has 1 amide bonds. The molecule has 1 heterocycles. The van der Waals surface area contributed by atoms with E-state index in [1.54, 1.807) is 0 Å². The minimum Gasteiger partial charge on any atom is -0.340 e. The van der Waals surface area contributed by atoms with E-state index in [9.17, 15) is 4.79 Å². The molecule has 0 unspecified atom stereocenters. The molecule has 0 aromatic carbocycles. The first-order chi connectivity index (χ1) is 9.31. The van der Waals surface area contributed by atoms with E-state index >= 15 is 0 Å². The van der Waals surface area contributed by atoms with Gasteiger partial charge in [0.1, 0.15) is 0 Å². The van der Waals surface area contributed by atoms with Crippen molar-refractivity contribution in [2.24, 2.45) is 11.8 Å². The van der Waals surface area contributed by atoms with E-state index in [2.05, 4.69) is 10.2 Å². The Morgan fingerprint density at radius 2 is 1.60 bits per heavy atom. The highest BCUT2D eigenvalue weighted by Gasteiger charge is 2.29. The van der Waals surface area contributed by atoms with Gasteiger partial charge < -0.3 is 15.1 Å². The number of halogens is 1. The zero-order chi connectivity index (χ0) is 13.1. The smallest absolute Gasteiger partial charge is 0.223 e. The highest BCUT2D eigenvalue weighted by atomic mass is 35.5. The Labute approximate surface area is 128 Å². The molecule has 3 aliphatic rings. The van der Waals surface area contributed by atoms with Crippen molar-refractivity contribution in [1.29, 1.82) is 0 Å². The maximum absolute atomic E-state index is 12.2. The van der Waals surface area contributed by atoms with Crippen molar-refractivity contribution in [3.63, 3.8) is 0 Å². The third-order valence-electron chi connectivity index (χ3n) is 4.54. The molecule has 1 saturated heterocycles. The van der Waals surface area contributed by atoms with Crippen LogP contribution < -0.4 is 5.32 Å². The van der Waals surface area contributed by atoms with Gasteiger partial charge in [-0.25, -0.2) is 0 Å². The summed E-state index contributed by atoms with van der Waals surface area (Å²) in [6.45, 7) is 7.17. The fourth-order valence-electron chi connectivity index (χ4n) is 2.91. The molecule has 2 saturated carbocycles. The van der Waals surface area contributed by atoms with Crippen LogP contribution in [0.5, 0.6) is 0 Å². The number of hydrogen-bond donors (Lipinski definition) is 1. The highest BCUT2D eigenvalue weighted by molar-refractivity contribution is 5.85. The molecule has 116 valence electrons. The van der Waals surface area contributed by atoms with Crippen LogP contribution in [0.4, 0.5) is 0 Å². The average molecular weight is 302 g/mol. The molecule has 2 aliphatic carbocycles. The third-order valence-corrected chi connectivity index (χ3v) is 4.54. The Kier molecular flexibility index (Phi) is 6.12. The Bertz CT molecular complexity index is 298. The fraction of sp³-hybridized carbons (Fsp3) is 0.933. The van der Waals surface area contributed by atoms with E-state index < -0.39 is 0 Å². The van der Waals surface area contributed by atoms with E-state index in [0.29, 0.717) is 5.91 Å². The zero-order valence-electron chi connectivity index (χ0n) is 12.4. The first-order valence-electron chi connectivity index (χ1n) is 8.02. The predicted molar refractivity (Wildman–Crippen MR) is 83.2 cm³/mol. The van der Waals surface area contributed by atoms with Crippen molar-refractivity contribution in [1.82, 2.24) is 15.1 Å². The van der Waals surface area contributed by atoms with E-state index in [-0.39, 0.29) is 12.4 Å². The monoisotopic (exact) mass is 301 g/mol. The van der Waals surface area contributed by atoms with Crippen LogP contribution in [0.25, 0.3) is 0 Å². The first-order valence-corrected chi connectivity index (χ1v) is 8.02. The summed E-state index contributed by atoms with van der Waals surface area (Å²) in [4.78, 5) is 16.8. The van der Waals surface area contributed by atoms with Crippen molar-refractivity contribution >= 4 is 18.3 Å². The van der Waals surface area contributed by atoms with E-state index in [0.717, 1.165) is 51.0 Å². The summed E-state index contributed by atoms with van der Waals surface area (Å²) in [7, 11) is 0. The van der Waals surface area contributed by atoms with Gasteiger partial charge in [-0.15, -0.1) is 12.4 Å². The van der Waals surface area contributed by atoms with Gasteiger partial charge in [0.05, 0.1) is 0 Å². The second kappa shape index (κ2) is 7.62. The van der Waals surface area contributed by atoms with Crippen molar-refractivity contribution in [2.45, 2.75) is 32.1 Å². The van der Waals surface area contributed by atoms with Gasteiger partial charge >= 0.3 is 0 Å². The van der Waals surface area contributed by atoms with Crippen LogP contribution in [0.3, 0.4) is 0 Å². The molecule has 0 spiro atoms. The van der Waals surface area contributed by atoms with E-state index in [1.807, 2.05) is 4.90 Å². The predicted octanol–water partition coefficient (Wildman–Crippen LogP) is 1.35. The number of carbonyl (C=O) groups is 1. The normalized spacial score (nSPS) is 22.8. The standard InChI is InChI=1S/C15H27N3O.ClH/c19-15(18-9-6-16-7-10-18)5-8-17(11-13-1-2-13)12-14-3-4-14;/h13-14,16H,1-12H2;1H. The molecule has 0 radical (unpaired) electrons. The number of nitrogens with zero attached hydrogens (tertiary/aromatic N) is 2. The number of carbonyl (C=O) groups excluding carboxylic acids is 1.